The van der Waals surface area contributed by atoms with Crippen LogP contribution >= 0.6 is 0 Å². The van der Waals surface area contributed by atoms with Gasteiger partial charge in [0.15, 0.2) is 17.0 Å². The van der Waals surface area contributed by atoms with E-state index in [1.54, 1.807) is 10.9 Å². The first-order valence-electron chi connectivity index (χ1n) is 5.44. The summed E-state index contributed by atoms with van der Waals surface area (Å²) in [5, 5.41) is 0. The fourth-order valence-corrected chi connectivity index (χ4v) is 1.39. The minimum absolute atomic E-state index is 1.01. The van der Waals surface area contributed by atoms with Crippen molar-refractivity contribution >= 4 is 11.0 Å². The van der Waals surface area contributed by atoms with Crippen molar-refractivity contribution in [3.05, 3.63) is 43.2 Å². The van der Waals surface area contributed by atoms with E-state index in [0.29, 0.717) is 0 Å². The largest absolute Gasteiger partial charge is 0.256 e. The average Bonchev–Trinajstić information content (AvgIpc) is 2.85. The Hall–Kier alpha value is -3.42. The first-order chi connectivity index (χ1) is 9.42. The molecule has 0 unspecified atom stereocenters. The number of benzene rings is 1. The zero-order valence-corrected chi connectivity index (χ0v) is 9.99. The van der Waals surface area contributed by atoms with Gasteiger partial charge in [-0.1, -0.05) is 12.1 Å². The van der Waals surface area contributed by atoms with Crippen LogP contribution in [0.2, 0.25) is 0 Å². The molecule has 0 aliphatic rings. The topological polar surface area (TPSA) is 19.7 Å². The number of fused-ring (bicyclic) bond motifs is 1. The number of aromatic nitrogens is 2. The number of nitrogens with zero attached hydrogens (tertiary/aromatic N) is 1. The molecular formula is C17H8N2+2. The molecular weight excluding hydrogens is 232 g/mol. The number of para-hydroxylation sites is 2. The number of H-pyrrole nitrogens is 1. The molecule has 84 valence electrons. The zero-order valence-electron chi connectivity index (χ0n) is 9.99. The highest BCUT2D eigenvalue weighted by molar-refractivity contribution is 5.70. The molecule has 2 rings (SSSR count). The van der Waals surface area contributed by atoms with Gasteiger partial charge in [0.1, 0.15) is 12.0 Å². The molecule has 1 aromatic carbocycles. The summed E-state index contributed by atoms with van der Waals surface area (Å²) in [5.41, 5.74) is 2.03. The Kier molecular flexibility index (Phi) is 4.03. The maximum absolute atomic E-state index is 5.06. The quantitative estimate of drug-likeness (QED) is 0.406. The molecule has 2 nitrogen and oxygen atoms in total. The summed E-state index contributed by atoms with van der Waals surface area (Å²) in [6.07, 6.45) is 3.02. The third-order valence-electron chi connectivity index (χ3n) is 2.16. The van der Waals surface area contributed by atoms with Gasteiger partial charge in [-0.05, 0) is 12.1 Å². The van der Waals surface area contributed by atoms with Crippen molar-refractivity contribution in [2.75, 3.05) is 0 Å². The molecule has 0 aliphatic heterocycles. The van der Waals surface area contributed by atoms with Gasteiger partial charge in [0.2, 0.25) is 6.08 Å². The Balaban J connectivity index is 2.14. The Morgan fingerprint density at radius 2 is 1.74 bits per heavy atom. The molecule has 1 N–H and O–H groups in total. The number of nitrogens with one attached hydrogen (secondary N) is 1. The number of rotatable bonds is 0. The number of aromatic amines is 1. The van der Waals surface area contributed by atoms with E-state index in [-0.39, 0.29) is 0 Å². The maximum Gasteiger partial charge on any atom is 0.256 e. The minimum Gasteiger partial charge on any atom is -0.242 e. The number of hydrogen-bond donors (Lipinski definition) is 1. The van der Waals surface area contributed by atoms with E-state index >= 15 is 0 Å². The predicted molar refractivity (Wildman–Crippen MR) is 73.9 cm³/mol. The van der Waals surface area contributed by atoms with Crippen molar-refractivity contribution in [1.29, 1.82) is 0 Å². The number of imidazole rings is 1. The molecule has 0 fully saturated rings. The van der Waals surface area contributed by atoms with Crippen molar-refractivity contribution in [2.24, 2.45) is 0 Å². The van der Waals surface area contributed by atoms with Gasteiger partial charge in [0.05, 0.1) is 6.58 Å². The summed E-state index contributed by atoms with van der Waals surface area (Å²) in [5.74, 6) is 18.0. The summed E-state index contributed by atoms with van der Waals surface area (Å²) < 4.78 is 1.78. The molecule has 0 radical (unpaired) electrons. The molecule has 19 heavy (non-hydrogen) atoms. The molecule has 0 atom stereocenters. The van der Waals surface area contributed by atoms with Crippen molar-refractivity contribution in [2.45, 2.75) is 0 Å². The predicted octanol–water partition coefficient (Wildman–Crippen LogP) is 1.26. The van der Waals surface area contributed by atoms with Crippen LogP contribution in [0.3, 0.4) is 0 Å². The lowest BCUT2D eigenvalue weighted by molar-refractivity contribution is -0.554. The molecule has 0 aliphatic carbocycles. The van der Waals surface area contributed by atoms with Gasteiger partial charge in [-0.3, -0.25) is 0 Å². The summed E-state index contributed by atoms with van der Waals surface area (Å²) in [7, 11) is 0. The summed E-state index contributed by atoms with van der Waals surface area (Å²) >= 11 is 0. The zero-order chi connectivity index (χ0) is 13.3. The van der Waals surface area contributed by atoms with Crippen LogP contribution in [0.5, 0.6) is 0 Å². The van der Waals surface area contributed by atoms with E-state index in [4.69, 9.17) is 6.58 Å². The second-order valence-corrected chi connectivity index (χ2v) is 3.33. The third kappa shape index (κ3) is 3.27. The van der Waals surface area contributed by atoms with E-state index in [2.05, 4.69) is 52.5 Å². The number of hydrogen-bond acceptors (Lipinski definition) is 0. The Morgan fingerprint density at radius 3 is 2.58 bits per heavy atom. The summed E-state index contributed by atoms with van der Waals surface area (Å²) in [4.78, 5) is 3.11. The number of allylic oxidation sites excluding steroid dienone is 1. The molecule has 2 heteroatoms. The third-order valence-corrected chi connectivity index (χ3v) is 2.16. The average molecular weight is 240 g/mol. The van der Waals surface area contributed by atoms with Crippen molar-refractivity contribution < 1.29 is 4.57 Å². The highest BCUT2D eigenvalue weighted by Gasteiger charge is 2.04. The lowest BCUT2D eigenvalue weighted by Gasteiger charge is -1.81. The van der Waals surface area contributed by atoms with E-state index in [9.17, 15) is 0 Å². The first kappa shape index (κ1) is 12.0. The van der Waals surface area contributed by atoms with Crippen LogP contribution in [0.15, 0.2) is 36.7 Å². The molecule has 0 saturated carbocycles. The van der Waals surface area contributed by atoms with Gasteiger partial charge in [-0.15, -0.1) is 4.57 Å². The molecule has 1 aromatic heterocycles. The Labute approximate surface area is 112 Å². The fraction of sp³-hybridized carbons (Fsp3) is 0. The van der Waals surface area contributed by atoms with Crippen LogP contribution in [0.4, 0.5) is 0 Å². The molecule has 1 heterocycles. The molecule has 0 amide bonds. The van der Waals surface area contributed by atoms with Crippen LogP contribution in [-0.2, 0) is 0 Å². The molecule has 0 saturated heterocycles. The normalized spacial score (nSPS) is 7.53. The van der Waals surface area contributed by atoms with Crippen molar-refractivity contribution in [3.63, 3.8) is 0 Å². The standard InChI is InChI=1S/C17H7N2/c1-2-3-4-5-6-7-8-11-14-19-15-18-16-12-9-10-13-17(16)19/h1-2,9-10,12-13,15H/q+1/p+1. The fourth-order valence-electron chi connectivity index (χ4n) is 1.39. The smallest absolute Gasteiger partial charge is 0.242 e. The SMILES string of the molecule is [CH+]=CC#CC#CC#CC#C[n+]1c[nH]c2ccccc21. The summed E-state index contributed by atoms with van der Waals surface area (Å²) in [6.45, 7) is 5.06. The van der Waals surface area contributed by atoms with Gasteiger partial charge in [-0.25, -0.2) is 4.98 Å². The van der Waals surface area contributed by atoms with E-state index in [0.717, 1.165) is 11.0 Å². The van der Waals surface area contributed by atoms with Crippen LogP contribution in [0, 0.1) is 54.1 Å². The van der Waals surface area contributed by atoms with E-state index in [1.807, 2.05) is 24.3 Å². The maximum atomic E-state index is 5.06. The molecule has 0 bridgehead atoms. The highest BCUT2D eigenvalue weighted by atomic mass is 15.0. The van der Waals surface area contributed by atoms with Gasteiger partial charge in [0.25, 0.3) is 6.33 Å². The van der Waals surface area contributed by atoms with Crippen LogP contribution < -0.4 is 4.57 Å². The highest BCUT2D eigenvalue weighted by Crippen LogP contribution is 2.04. The first-order valence-corrected chi connectivity index (χ1v) is 5.44. The van der Waals surface area contributed by atoms with Crippen molar-refractivity contribution in [1.82, 2.24) is 4.98 Å². The lowest BCUT2D eigenvalue weighted by Crippen LogP contribution is -2.25. The Bertz CT molecular complexity index is 854. The van der Waals surface area contributed by atoms with Crippen LogP contribution in [0.25, 0.3) is 11.0 Å². The van der Waals surface area contributed by atoms with Gasteiger partial charge >= 0.3 is 0 Å². The summed E-state index contributed by atoms with van der Waals surface area (Å²) in [6, 6.07) is 10.8. The van der Waals surface area contributed by atoms with E-state index in [1.165, 1.54) is 6.08 Å². The van der Waals surface area contributed by atoms with Crippen molar-refractivity contribution in [3.8, 4) is 47.5 Å². The van der Waals surface area contributed by atoms with Crippen LogP contribution in [0.1, 0.15) is 0 Å². The monoisotopic (exact) mass is 240 g/mol. The minimum atomic E-state index is 1.01. The van der Waals surface area contributed by atoms with Gasteiger partial charge in [-0.2, -0.15) is 0 Å². The van der Waals surface area contributed by atoms with Gasteiger partial charge < -0.3 is 0 Å². The Morgan fingerprint density at radius 1 is 1.00 bits per heavy atom. The lowest BCUT2D eigenvalue weighted by atomic mass is 10.3. The molecule has 2 aromatic rings. The van der Waals surface area contributed by atoms with Gasteiger partial charge in [0, 0.05) is 29.6 Å². The molecule has 0 spiro atoms. The van der Waals surface area contributed by atoms with E-state index < -0.39 is 0 Å². The van der Waals surface area contributed by atoms with Crippen LogP contribution in [-0.4, -0.2) is 4.98 Å². The second kappa shape index (κ2) is 6.35. The second-order valence-electron chi connectivity index (χ2n) is 3.33.